The zero-order valence-corrected chi connectivity index (χ0v) is 13.4. The Balaban J connectivity index is 1.63. The number of rotatable bonds is 9. The first-order valence-corrected chi connectivity index (χ1v) is 8.37. The van der Waals surface area contributed by atoms with Crippen LogP contribution in [0.5, 0.6) is 0 Å². The molecule has 126 valence electrons. The van der Waals surface area contributed by atoms with Gasteiger partial charge < -0.3 is 15.2 Å². The number of benzene rings is 1. The maximum Gasteiger partial charge on any atom is 0.303 e. The van der Waals surface area contributed by atoms with Gasteiger partial charge in [-0.05, 0) is 30.4 Å². The standard InChI is InChI=1S/C18H25NO4/c20-16(21)10-4-2-1-3-7-12-19-18(22)17-15-9-6-5-8-14(15)11-13-23-17/h5-6,8-9,17H,1-4,7,10-13H2,(H,19,22)(H,20,21). The van der Waals surface area contributed by atoms with Crippen LogP contribution < -0.4 is 5.32 Å². The maximum atomic E-state index is 12.3. The molecule has 1 aromatic rings. The molecule has 5 nitrogen and oxygen atoms in total. The van der Waals surface area contributed by atoms with Crippen molar-refractivity contribution in [1.29, 1.82) is 0 Å². The van der Waals surface area contributed by atoms with Gasteiger partial charge in [-0.1, -0.05) is 43.5 Å². The van der Waals surface area contributed by atoms with Crippen molar-refractivity contribution >= 4 is 11.9 Å². The third kappa shape index (κ3) is 5.67. The van der Waals surface area contributed by atoms with E-state index < -0.39 is 12.1 Å². The van der Waals surface area contributed by atoms with E-state index in [9.17, 15) is 9.59 Å². The Labute approximate surface area is 137 Å². The van der Waals surface area contributed by atoms with Gasteiger partial charge in [-0.3, -0.25) is 9.59 Å². The Kier molecular flexibility index (Phi) is 7.07. The fraction of sp³-hybridized carbons (Fsp3) is 0.556. The highest BCUT2D eigenvalue weighted by molar-refractivity contribution is 5.82. The van der Waals surface area contributed by atoms with Gasteiger partial charge in [-0.15, -0.1) is 0 Å². The molecule has 1 atom stereocenters. The molecular weight excluding hydrogens is 294 g/mol. The number of hydrogen-bond acceptors (Lipinski definition) is 3. The van der Waals surface area contributed by atoms with Crippen LogP contribution in [0.25, 0.3) is 0 Å². The van der Waals surface area contributed by atoms with Crippen molar-refractivity contribution in [3.8, 4) is 0 Å². The van der Waals surface area contributed by atoms with Crippen molar-refractivity contribution in [3.63, 3.8) is 0 Å². The molecule has 0 fully saturated rings. The van der Waals surface area contributed by atoms with Crippen molar-refractivity contribution < 1.29 is 19.4 Å². The Hall–Kier alpha value is -1.88. The van der Waals surface area contributed by atoms with Gasteiger partial charge in [0.1, 0.15) is 0 Å². The molecule has 1 heterocycles. The molecule has 0 aromatic heterocycles. The lowest BCUT2D eigenvalue weighted by Crippen LogP contribution is -2.34. The van der Waals surface area contributed by atoms with Crippen molar-refractivity contribution in [3.05, 3.63) is 35.4 Å². The molecule has 0 bridgehead atoms. The molecule has 1 unspecified atom stereocenters. The molecule has 0 saturated carbocycles. The summed E-state index contributed by atoms with van der Waals surface area (Å²) < 4.78 is 5.63. The minimum atomic E-state index is -0.731. The minimum absolute atomic E-state index is 0.0666. The highest BCUT2D eigenvalue weighted by Crippen LogP contribution is 2.26. The van der Waals surface area contributed by atoms with E-state index in [1.165, 1.54) is 5.56 Å². The SMILES string of the molecule is O=C(O)CCCCCCCNC(=O)C1OCCc2ccccc21. The number of fused-ring (bicyclic) bond motifs is 1. The van der Waals surface area contributed by atoms with Crippen LogP contribution in [0.2, 0.25) is 0 Å². The summed E-state index contributed by atoms with van der Waals surface area (Å²) in [5.41, 5.74) is 2.17. The number of unbranched alkanes of at least 4 members (excludes halogenated alkanes) is 4. The summed E-state index contributed by atoms with van der Waals surface area (Å²) in [6, 6.07) is 7.94. The molecule has 23 heavy (non-hydrogen) atoms. The molecule has 5 heteroatoms. The first-order valence-electron chi connectivity index (χ1n) is 8.37. The summed E-state index contributed by atoms with van der Waals surface area (Å²) in [6.07, 6.45) is 5.19. The fourth-order valence-electron chi connectivity index (χ4n) is 2.85. The molecule has 1 aliphatic rings. The second-order valence-corrected chi connectivity index (χ2v) is 5.90. The third-order valence-electron chi connectivity index (χ3n) is 4.10. The molecule has 0 radical (unpaired) electrons. The smallest absolute Gasteiger partial charge is 0.303 e. The predicted molar refractivity (Wildman–Crippen MR) is 87.2 cm³/mol. The van der Waals surface area contributed by atoms with Crippen LogP contribution in [0.3, 0.4) is 0 Å². The number of carbonyl (C=O) groups is 2. The van der Waals surface area contributed by atoms with Crippen LogP contribution in [0.4, 0.5) is 0 Å². The van der Waals surface area contributed by atoms with E-state index in [0.29, 0.717) is 13.2 Å². The molecule has 0 spiro atoms. The topological polar surface area (TPSA) is 75.6 Å². The summed E-state index contributed by atoms with van der Waals surface area (Å²) in [5, 5.41) is 11.5. The number of aliphatic carboxylic acids is 1. The molecule has 1 aromatic carbocycles. The van der Waals surface area contributed by atoms with Crippen molar-refractivity contribution in [2.75, 3.05) is 13.2 Å². The molecule has 0 saturated heterocycles. The van der Waals surface area contributed by atoms with Gasteiger partial charge in [0, 0.05) is 13.0 Å². The molecule has 0 aliphatic carbocycles. The minimum Gasteiger partial charge on any atom is -0.481 e. The normalized spacial score (nSPS) is 16.6. The van der Waals surface area contributed by atoms with Crippen LogP contribution >= 0.6 is 0 Å². The monoisotopic (exact) mass is 319 g/mol. The molecular formula is C18H25NO4. The van der Waals surface area contributed by atoms with Gasteiger partial charge in [-0.2, -0.15) is 0 Å². The predicted octanol–water partition coefficient (Wildman–Crippen LogP) is 2.84. The van der Waals surface area contributed by atoms with E-state index in [0.717, 1.165) is 44.1 Å². The van der Waals surface area contributed by atoms with Gasteiger partial charge in [-0.25, -0.2) is 0 Å². The van der Waals surface area contributed by atoms with Crippen molar-refractivity contribution in [2.45, 2.75) is 51.0 Å². The van der Waals surface area contributed by atoms with Crippen LogP contribution in [-0.2, 0) is 20.7 Å². The summed E-state index contributed by atoms with van der Waals surface area (Å²) in [5.74, 6) is -0.798. The number of carbonyl (C=O) groups excluding carboxylic acids is 1. The van der Waals surface area contributed by atoms with E-state index >= 15 is 0 Å². The van der Waals surface area contributed by atoms with Gasteiger partial charge in [0.15, 0.2) is 6.10 Å². The lowest BCUT2D eigenvalue weighted by molar-refractivity contribution is -0.137. The summed E-state index contributed by atoms with van der Waals surface area (Å²) in [4.78, 5) is 22.7. The first kappa shape index (κ1) is 17.5. The molecule has 1 aliphatic heterocycles. The lowest BCUT2D eigenvalue weighted by atomic mass is 9.97. The number of hydrogen-bond donors (Lipinski definition) is 2. The zero-order valence-electron chi connectivity index (χ0n) is 13.4. The molecule has 2 N–H and O–H groups in total. The zero-order chi connectivity index (χ0) is 16.5. The number of carboxylic acids is 1. The van der Waals surface area contributed by atoms with Crippen LogP contribution in [0.1, 0.15) is 55.8 Å². The fourth-order valence-corrected chi connectivity index (χ4v) is 2.85. The quantitative estimate of drug-likeness (QED) is 0.686. The van der Waals surface area contributed by atoms with Gasteiger partial charge >= 0.3 is 5.97 Å². The second-order valence-electron chi connectivity index (χ2n) is 5.90. The second kappa shape index (κ2) is 9.30. The summed E-state index contributed by atoms with van der Waals surface area (Å²) in [7, 11) is 0. The number of carboxylic acid groups (broad SMARTS) is 1. The molecule has 1 amide bonds. The van der Waals surface area contributed by atoms with Gasteiger partial charge in [0.2, 0.25) is 0 Å². The third-order valence-corrected chi connectivity index (χ3v) is 4.10. The van der Waals surface area contributed by atoms with Gasteiger partial charge in [0.05, 0.1) is 6.61 Å². The van der Waals surface area contributed by atoms with Crippen LogP contribution in [-0.4, -0.2) is 30.1 Å². The van der Waals surface area contributed by atoms with E-state index in [1.807, 2.05) is 18.2 Å². The average Bonchev–Trinajstić information content (AvgIpc) is 2.56. The highest BCUT2D eigenvalue weighted by Gasteiger charge is 2.26. The van der Waals surface area contributed by atoms with Gasteiger partial charge in [0.25, 0.3) is 5.91 Å². The highest BCUT2D eigenvalue weighted by atomic mass is 16.5. The number of ether oxygens (including phenoxy) is 1. The van der Waals surface area contributed by atoms with E-state index in [-0.39, 0.29) is 12.3 Å². The Morgan fingerprint density at radius 1 is 1.13 bits per heavy atom. The van der Waals surface area contributed by atoms with Crippen LogP contribution in [0, 0.1) is 0 Å². The Morgan fingerprint density at radius 3 is 2.70 bits per heavy atom. The maximum absolute atomic E-state index is 12.3. The van der Waals surface area contributed by atoms with Crippen molar-refractivity contribution in [1.82, 2.24) is 5.32 Å². The van der Waals surface area contributed by atoms with E-state index in [1.54, 1.807) is 0 Å². The average molecular weight is 319 g/mol. The Bertz CT molecular complexity index is 530. The van der Waals surface area contributed by atoms with E-state index in [2.05, 4.69) is 11.4 Å². The first-order chi connectivity index (χ1) is 11.2. The number of amides is 1. The van der Waals surface area contributed by atoms with Crippen LogP contribution in [0.15, 0.2) is 24.3 Å². The lowest BCUT2D eigenvalue weighted by Gasteiger charge is -2.25. The molecule has 2 rings (SSSR count). The van der Waals surface area contributed by atoms with Crippen molar-refractivity contribution in [2.24, 2.45) is 0 Å². The largest absolute Gasteiger partial charge is 0.481 e. The Morgan fingerprint density at radius 2 is 1.87 bits per heavy atom. The summed E-state index contributed by atoms with van der Waals surface area (Å²) >= 11 is 0. The summed E-state index contributed by atoms with van der Waals surface area (Å²) in [6.45, 7) is 1.22. The van der Waals surface area contributed by atoms with E-state index in [4.69, 9.17) is 9.84 Å². The number of nitrogens with one attached hydrogen (secondary N) is 1.